The van der Waals surface area contributed by atoms with E-state index in [1.54, 1.807) is 12.1 Å². The van der Waals surface area contributed by atoms with Gasteiger partial charge in [0.15, 0.2) is 5.56 Å². The van der Waals surface area contributed by atoms with Crippen LogP contribution < -0.4 is 0 Å². The molecule has 0 aliphatic rings. The van der Waals surface area contributed by atoms with Gasteiger partial charge in [-0.2, -0.15) is 0 Å². The number of hydrogen-bond acceptors (Lipinski definition) is 2. The molecule has 0 fully saturated rings. The van der Waals surface area contributed by atoms with Crippen LogP contribution in [0.5, 0.6) is 0 Å². The van der Waals surface area contributed by atoms with Crippen LogP contribution in [-0.2, 0) is 4.74 Å². The second-order valence-electron chi connectivity index (χ2n) is 5.80. The predicted molar refractivity (Wildman–Crippen MR) is 93.3 cm³/mol. The Morgan fingerprint density at radius 3 is 2.09 bits per heavy atom. The average Bonchev–Trinajstić information content (AvgIpc) is 2.54. The minimum absolute atomic E-state index is 0.337. The second-order valence-corrected chi connectivity index (χ2v) is 6.29. The molecule has 0 saturated heterocycles. The number of halogens is 1. The Balaban J connectivity index is 1.99. The number of carbonyl (C=O) groups is 1. The molecule has 1 atom stereocenters. The van der Waals surface area contributed by atoms with Crippen molar-refractivity contribution in [1.29, 1.82) is 0 Å². The average molecular weight is 325 g/mol. The highest BCUT2D eigenvalue weighted by Gasteiger charge is 2.12. The molecule has 1 aromatic carbocycles. The Hall–Kier alpha value is -1.02. The number of benzene rings is 1. The number of alkyl halides is 1. The molecular formula is C19H29ClO2. The topological polar surface area (TPSA) is 26.3 Å². The summed E-state index contributed by atoms with van der Waals surface area (Å²) in [7, 11) is 0. The number of hydrogen-bond donors (Lipinski definition) is 0. The van der Waals surface area contributed by atoms with Gasteiger partial charge >= 0.3 is 5.97 Å². The Kier molecular flexibility index (Phi) is 10.8. The van der Waals surface area contributed by atoms with Gasteiger partial charge in [-0.1, -0.05) is 88.1 Å². The monoisotopic (exact) mass is 324 g/mol. The normalized spacial score (nSPS) is 12.1. The molecule has 22 heavy (non-hydrogen) atoms. The van der Waals surface area contributed by atoms with Crippen molar-refractivity contribution in [3.8, 4) is 0 Å². The molecule has 0 aromatic heterocycles. The van der Waals surface area contributed by atoms with Gasteiger partial charge in [-0.25, -0.2) is 4.79 Å². The molecule has 0 amide bonds. The summed E-state index contributed by atoms with van der Waals surface area (Å²) in [6, 6.07) is 8.99. The Bertz CT molecular complexity index is 392. The molecule has 1 aromatic rings. The van der Waals surface area contributed by atoms with Gasteiger partial charge < -0.3 is 4.74 Å². The van der Waals surface area contributed by atoms with E-state index in [0.717, 1.165) is 12.8 Å². The van der Waals surface area contributed by atoms with Crippen molar-refractivity contribution in [1.82, 2.24) is 0 Å². The molecule has 1 rings (SSSR count). The Morgan fingerprint density at radius 2 is 1.50 bits per heavy atom. The molecule has 0 aliphatic carbocycles. The molecule has 1 unspecified atom stereocenters. The molecule has 0 spiro atoms. The van der Waals surface area contributed by atoms with Crippen molar-refractivity contribution in [3.05, 3.63) is 35.9 Å². The summed E-state index contributed by atoms with van der Waals surface area (Å²) in [6.07, 6.45) is 12.2. The van der Waals surface area contributed by atoms with Crippen LogP contribution in [0.4, 0.5) is 0 Å². The van der Waals surface area contributed by atoms with Crippen LogP contribution in [0.1, 0.15) is 81.5 Å². The SMILES string of the molecule is CCCCCCCCCCCC(Cl)OC(=O)c1ccccc1. The Labute approximate surface area is 140 Å². The lowest BCUT2D eigenvalue weighted by Gasteiger charge is -2.11. The van der Waals surface area contributed by atoms with E-state index < -0.39 is 5.56 Å². The van der Waals surface area contributed by atoms with Crippen molar-refractivity contribution in [2.24, 2.45) is 0 Å². The van der Waals surface area contributed by atoms with E-state index in [-0.39, 0.29) is 5.97 Å². The van der Waals surface area contributed by atoms with Crippen LogP contribution in [0.3, 0.4) is 0 Å². The highest BCUT2D eigenvalue weighted by atomic mass is 35.5. The lowest BCUT2D eigenvalue weighted by atomic mass is 10.1. The molecule has 0 bridgehead atoms. The molecule has 3 heteroatoms. The fourth-order valence-electron chi connectivity index (χ4n) is 2.43. The molecule has 0 aliphatic heterocycles. The molecular weight excluding hydrogens is 296 g/mol. The van der Waals surface area contributed by atoms with Gasteiger partial charge in [-0.15, -0.1) is 0 Å². The van der Waals surface area contributed by atoms with E-state index in [9.17, 15) is 4.79 Å². The maximum absolute atomic E-state index is 11.8. The van der Waals surface area contributed by atoms with Gasteiger partial charge in [0.05, 0.1) is 5.56 Å². The highest BCUT2D eigenvalue weighted by Crippen LogP contribution is 2.15. The van der Waals surface area contributed by atoms with E-state index in [4.69, 9.17) is 16.3 Å². The zero-order valence-electron chi connectivity index (χ0n) is 13.7. The van der Waals surface area contributed by atoms with Crippen LogP contribution in [0, 0.1) is 0 Å². The minimum Gasteiger partial charge on any atom is -0.442 e. The van der Waals surface area contributed by atoms with Gasteiger partial charge in [-0.3, -0.25) is 0 Å². The lowest BCUT2D eigenvalue weighted by Crippen LogP contribution is -2.12. The summed E-state index contributed by atoms with van der Waals surface area (Å²) >= 11 is 6.08. The van der Waals surface area contributed by atoms with Gasteiger partial charge in [0.1, 0.15) is 0 Å². The maximum Gasteiger partial charge on any atom is 0.339 e. The Morgan fingerprint density at radius 1 is 0.955 bits per heavy atom. The van der Waals surface area contributed by atoms with E-state index in [1.807, 2.05) is 18.2 Å². The lowest BCUT2D eigenvalue weighted by molar-refractivity contribution is 0.0433. The van der Waals surface area contributed by atoms with Gasteiger partial charge in [0, 0.05) is 0 Å². The van der Waals surface area contributed by atoms with E-state index in [1.165, 1.54) is 51.4 Å². The third-order valence-electron chi connectivity index (χ3n) is 3.78. The molecule has 0 N–H and O–H groups in total. The fraction of sp³-hybridized carbons (Fsp3) is 0.632. The third kappa shape index (κ3) is 9.09. The summed E-state index contributed by atoms with van der Waals surface area (Å²) in [5.41, 5.74) is 0.0393. The summed E-state index contributed by atoms with van der Waals surface area (Å²) < 4.78 is 5.23. The largest absolute Gasteiger partial charge is 0.442 e. The van der Waals surface area contributed by atoms with Crippen LogP contribution in [0.25, 0.3) is 0 Å². The van der Waals surface area contributed by atoms with Crippen LogP contribution in [-0.4, -0.2) is 11.5 Å². The summed E-state index contributed by atoms with van der Waals surface area (Å²) in [5, 5.41) is 0. The third-order valence-corrected chi connectivity index (χ3v) is 4.09. The van der Waals surface area contributed by atoms with Crippen molar-refractivity contribution >= 4 is 17.6 Å². The van der Waals surface area contributed by atoms with Gasteiger partial charge in [0.2, 0.25) is 0 Å². The summed E-state index contributed by atoms with van der Waals surface area (Å²) in [5.74, 6) is -0.337. The number of esters is 1. The van der Waals surface area contributed by atoms with Crippen molar-refractivity contribution < 1.29 is 9.53 Å². The van der Waals surface area contributed by atoms with Gasteiger partial charge in [0.25, 0.3) is 0 Å². The first-order valence-corrected chi connectivity index (χ1v) is 9.07. The number of carbonyl (C=O) groups excluding carboxylic acids is 1. The molecule has 0 heterocycles. The summed E-state index contributed by atoms with van der Waals surface area (Å²) in [4.78, 5) is 11.8. The van der Waals surface area contributed by atoms with E-state index >= 15 is 0 Å². The number of unbranched alkanes of at least 4 members (excludes halogenated alkanes) is 8. The maximum atomic E-state index is 11.8. The first-order chi connectivity index (χ1) is 10.7. The van der Waals surface area contributed by atoms with E-state index in [0.29, 0.717) is 5.56 Å². The zero-order chi connectivity index (χ0) is 16.0. The first kappa shape index (κ1) is 19.0. The van der Waals surface area contributed by atoms with Crippen molar-refractivity contribution in [3.63, 3.8) is 0 Å². The second kappa shape index (κ2) is 12.5. The smallest absolute Gasteiger partial charge is 0.339 e. The highest BCUT2D eigenvalue weighted by molar-refractivity contribution is 6.20. The minimum atomic E-state index is -0.516. The van der Waals surface area contributed by atoms with Crippen LogP contribution in [0.2, 0.25) is 0 Å². The fourth-order valence-corrected chi connectivity index (χ4v) is 2.67. The van der Waals surface area contributed by atoms with Crippen molar-refractivity contribution in [2.45, 2.75) is 76.7 Å². The molecule has 124 valence electrons. The van der Waals surface area contributed by atoms with E-state index in [2.05, 4.69) is 6.92 Å². The predicted octanol–water partition coefficient (Wildman–Crippen LogP) is 6.33. The molecule has 0 radical (unpaired) electrons. The first-order valence-electron chi connectivity index (χ1n) is 8.64. The van der Waals surface area contributed by atoms with Gasteiger partial charge in [-0.05, 0) is 25.0 Å². The number of rotatable bonds is 12. The quantitative estimate of drug-likeness (QED) is 0.255. The van der Waals surface area contributed by atoms with Crippen LogP contribution >= 0.6 is 11.6 Å². The van der Waals surface area contributed by atoms with Crippen molar-refractivity contribution in [2.75, 3.05) is 0 Å². The molecule has 2 nitrogen and oxygen atoms in total. The standard InChI is InChI=1S/C19H29ClO2/c1-2-3-4-5-6-7-8-9-13-16-18(20)22-19(21)17-14-11-10-12-15-17/h10-12,14-15,18H,2-9,13,16H2,1H3. The zero-order valence-corrected chi connectivity index (χ0v) is 14.5. The molecule has 0 saturated carbocycles. The number of ether oxygens (including phenoxy) is 1. The summed E-state index contributed by atoms with van der Waals surface area (Å²) in [6.45, 7) is 2.24. The van der Waals surface area contributed by atoms with Crippen LogP contribution in [0.15, 0.2) is 30.3 Å².